The van der Waals surface area contributed by atoms with Gasteiger partial charge in [0.05, 0.1) is 18.2 Å². The summed E-state index contributed by atoms with van der Waals surface area (Å²) in [5.41, 5.74) is 5.98. The van der Waals surface area contributed by atoms with Gasteiger partial charge >= 0.3 is 0 Å². The summed E-state index contributed by atoms with van der Waals surface area (Å²) in [5, 5.41) is 14.6. The second kappa shape index (κ2) is 6.52. The van der Waals surface area contributed by atoms with E-state index in [1.54, 1.807) is 18.7 Å². The summed E-state index contributed by atoms with van der Waals surface area (Å²) in [5.74, 6) is 0.646. The summed E-state index contributed by atoms with van der Waals surface area (Å²) in [6.45, 7) is 1.96. The molecule has 0 spiro atoms. The van der Waals surface area contributed by atoms with Gasteiger partial charge in [0.1, 0.15) is 0 Å². The smallest absolute Gasteiger partial charge is 0.176 e. The lowest BCUT2D eigenvalue weighted by Gasteiger charge is -2.06. The van der Waals surface area contributed by atoms with Crippen LogP contribution in [0.5, 0.6) is 0 Å². The van der Waals surface area contributed by atoms with Crippen LogP contribution < -0.4 is 5.43 Å². The third kappa shape index (κ3) is 3.10. The second-order valence-electron chi connectivity index (χ2n) is 5.61. The van der Waals surface area contributed by atoms with Crippen molar-refractivity contribution in [2.45, 2.75) is 6.92 Å². The molecule has 0 aliphatic rings. The van der Waals surface area contributed by atoms with Crippen LogP contribution in [0.4, 0.5) is 5.82 Å². The summed E-state index contributed by atoms with van der Waals surface area (Å²) < 4.78 is 1.96. The van der Waals surface area contributed by atoms with Gasteiger partial charge in [-0.1, -0.05) is 36.4 Å². The SMILES string of the molecule is C/C(=N/Nc1nncc2ccccc12)c1ccc(-n2ccnc2)cc1. The van der Waals surface area contributed by atoms with E-state index in [0.29, 0.717) is 5.82 Å². The molecule has 6 nitrogen and oxygen atoms in total. The Morgan fingerprint density at radius 3 is 2.72 bits per heavy atom. The Bertz CT molecular complexity index is 1010. The van der Waals surface area contributed by atoms with E-state index < -0.39 is 0 Å². The highest BCUT2D eigenvalue weighted by Crippen LogP contribution is 2.19. The average Bonchev–Trinajstić information content (AvgIpc) is 3.21. The first kappa shape index (κ1) is 15.0. The maximum absolute atomic E-state index is 4.45. The number of hydrogen-bond acceptors (Lipinski definition) is 5. The minimum absolute atomic E-state index is 0.646. The molecule has 25 heavy (non-hydrogen) atoms. The van der Waals surface area contributed by atoms with Crippen LogP contribution in [-0.4, -0.2) is 25.5 Å². The lowest BCUT2D eigenvalue weighted by Crippen LogP contribution is -2.02. The van der Waals surface area contributed by atoms with Gasteiger partial charge < -0.3 is 4.57 Å². The Labute approximate surface area is 144 Å². The van der Waals surface area contributed by atoms with Crippen LogP contribution in [0.25, 0.3) is 16.5 Å². The molecule has 4 aromatic rings. The number of anilines is 1. The topological polar surface area (TPSA) is 68.0 Å². The molecule has 0 bridgehead atoms. The second-order valence-corrected chi connectivity index (χ2v) is 5.61. The van der Waals surface area contributed by atoms with Gasteiger partial charge in [0.25, 0.3) is 0 Å². The maximum Gasteiger partial charge on any atom is 0.176 e. The molecule has 2 aromatic carbocycles. The molecule has 0 aliphatic carbocycles. The normalized spacial score (nSPS) is 11.6. The fourth-order valence-corrected chi connectivity index (χ4v) is 2.60. The number of imidazole rings is 1. The molecule has 2 heterocycles. The van der Waals surface area contributed by atoms with Crippen LogP contribution in [0.1, 0.15) is 12.5 Å². The fourth-order valence-electron chi connectivity index (χ4n) is 2.60. The summed E-state index contributed by atoms with van der Waals surface area (Å²) in [4.78, 5) is 4.06. The molecular weight excluding hydrogens is 312 g/mol. The third-order valence-corrected chi connectivity index (χ3v) is 3.99. The zero-order chi connectivity index (χ0) is 17.1. The number of benzene rings is 2. The number of hydrogen-bond donors (Lipinski definition) is 1. The Hall–Kier alpha value is -3.54. The van der Waals surface area contributed by atoms with Crippen LogP contribution in [0, 0.1) is 0 Å². The van der Waals surface area contributed by atoms with Gasteiger partial charge in [0.2, 0.25) is 0 Å². The first-order chi connectivity index (χ1) is 12.3. The number of nitrogens with zero attached hydrogens (tertiary/aromatic N) is 5. The lowest BCUT2D eigenvalue weighted by molar-refractivity contribution is 1.04. The van der Waals surface area contributed by atoms with Crippen LogP contribution in [-0.2, 0) is 0 Å². The number of nitrogens with one attached hydrogen (secondary N) is 1. The van der Waals surface area contributed by atoms with E-state index in [1.165, 1.54) is 0 Å². The van der Waals surface area contributed by atoms with Crippen molar-refractivity contribution in [3.05, 3.63) is 79.0 Å². The largest absolute Gasteiger partial charge is 0.306 e. The number of hydrazone groups is 1. The van der Waals surface area contributed by atoms with Gasteiger partial charge in [-0.05, 0) is 24.6 Å². The monoisotopic (exact) mass is 328 g/mol. The molecule has 122 valence electrons. The van der Waals surface area contributed by atoms with E-state index >= 15 is 0 Å². The molecular formula is C19H16N6. The van der Waals surface area contributed by atoms with E-state index in [2.05, 4.69) is 25.7 Å². The molecule has 0 saturated heterocycles. The molecule has 0 unspecified atom stereocenters. The molecule has 0 atom stereocenters. The van der Waals surface area contributed by atoms with Crippen LogP contribution >= 0.6 is 0 Å². The summed E-state index contributed by atoms with van der Waals surface area (Å²) in [6.07, 6.45) is 7.19. The maximum atomic E-state index is 4.45. The highest BCUT2D eigenvalue weighted by molar-refractivity contribution is 5.99. The Kier molecular flexibility index (Phi) is 3.92. The quantitative estimate of drug-likeness (QED) is 0.458. The molecule has 0 saturated carbocycles. The van der Waals surface area contributed by atoms with E-state index in [1.807, 2.05) is 66.2 Å². The zero-order valence-corrected chi connectivity index (χ0v) is 13.7. The molecule has 0 fully saturated rings. The Morgan fingerprint density at radius 2 is 1.92 bits per heavy atom. The van der Waals surface area contributed by atoms with E-state index in [-0.39, 0.29) is 0 Å². The minimum atomic E-state index is 0.646. The molecule has 0 radical (unpaired) electrons. The molecule has 2 aromatic heterocycles. The highest BCUT2D eigenvalue weighted by Gasteiger charge is 2.03. The fraction of sp³-hybridized carbons (Fsp3) is 0.0526. The molecule has 6 heteroatoms. The summed E-state index contributed by atoms with van der Waals surface area (Å²) in [7, 11) is 0. The standard InChI is InChI=1S/C19H16N6/c1-14(15-6-8-17(9-7-15)25-11-10-20-13-25)22-24-19-18-5-3-2-4-16(18)12-21-23-19/h2-13H,1H3,(H,23,24)/b22-14-. The van der Waals surface area contributed by atoms with Gasteiger partial charge in [-0.3, -0.25) is 5.43 Å². The van der Waals surface area contributed by atoms with Gasteiger partial charge in [0, 0.05) is 28.9 Å². The van der Waals surface area contributed by atoms with Crippen LogP contribution in [0.15, 0.2) is 78.6 Å². The Morgan fingerprint density at radius 1 is 1.08 bits per heavy atom. The van der Waals surface area contributed by atoms with Crippen molar-refractivity contribution in [1.29, 1.82) is 0 Å². The van der Waals surface area contributed by atoms with Crippen molar-refractivity contribution in [2.24, 2.45) is 5.10 Å². The van der Waals surface area contributed by atoms with Gasteiger partial charge in [-0.2, -0.15) is 10.2 Å². The average molecular weight is 328 g/mol. The molecule has 0 aliphatic heterocycles. The number of rotatable bonds is 4. The minimum Gasteiger partial charge on any atom is -0.306 e. The number of fused-ring (bicyclic) bond motifs is 1. The van der Waals surface area contributed by atoms with E-state index in [4.69, 9.17) is 0 Å². The first-order valence-corrected chi connectivity index (χ1v) is 7.91. The van der Waals surface area contributed by atoms with E-state index in [9.17, 15) is 0 Å². The van der Waals surface area contributed by atoms with Crippen molar-refractivity contribution in [2.75, 3.05) is 5.43 Å². The van der Waals surface area contributed by atoms with Crippen molar-refractivity contribution in [3.8, 4) is 5.69 Å². The molecule has 1 N–H and O–H groups in total. The summed E-state index contributed by atoms with van der Waals surface area (Å²) in [6, 6.07) is 16.1. The number of aromatic nitrogens is 4. The predicted octanol–water partition coefficient (Wildman–Crippen LogP) is 3.65. The van der Waals surface area contributed by atoms with E-state index in [0.717, 1.165) is 27.7 Å². The highest BCUT2D eigenvalue weighted by atomic mass is 15.3. The van der Waals surface area contributed by atoms with Crippen LogP contribution in [0.3, 0.4) is 0 Å². The van der Waals surface area contributed by atoms with Crippen molar-refractivity contribution in [3.63, 3.8) is 0 Å². The van der Waals surface area contributed by atoms with Crippen molar-refractivity contribution >= 4 is 22.3 Å². The zero-order valence-electron chi connectivity index (χ0n) is 13.7. The van der Waals surface area contributed by atoms with Gasteiger partial charge in [-0.25, -0.2) is 4.98 Å². The Balaban J connectivity index is 1.57. The first-order valence-electron chi connectivity index (χ1n) is 7.91. The van der Waals surface area contributed by atoms with Gasteiger partial charge in [-0.15, -0.1) is 5.10 Å². The van der Waals surface area contributed by atoms with Gasteiger partial charge in [0.15, 0.2) is 5.82 Å². The predicted molar refractivity (Wildman–Crippen MR) is 98.9 cm³/mol. The summed E-state index contributed by atoms with van der Waals surface area (Å²) >= 11 is 0. The third-order valence-electron chi connectivity index (χ3n) is 3.99. The molecule has 4 rings (SSSR count). The molecule has 0 amide bonds. The van der Waals surface area contributed by atoms with Crippen molar-refractivity contribution < 1.29 is 0 Å². The van der Waals surface area contributed by atoms with Crippen LogP contribution in [0.2, 0.25) is 0 Å². The lowest BCUT2D eigenvalue weighted by atomic mass is 10.1. The van der Waals surface area contributed by atoms with Crippen molar-refractivity contribution in [1.82, 2.24) is 19.7 Å².